The van der Waals surface area contributed by atoms with E-state index in [1.807, 2.05) is 0 Å². The zero-order valence-electron chi connectivity index (χ0n) is 11.5. The first kappa shape index (κ1) is 14.4. The Morgan fingerprint density at radius 2 is 2.09 bits per heavy atom. The molecule has 0 bridgehead atoms. The molecule has 1 aromatic carbocycles. The van der Waals surface area contributed by atoms with E-state index in [-0.39, 0.29) is 17.9 Å². The molecular formula is C13H15ClN4O3S. The van der Waals surface area contributed by atoms with Crippen LogP contribution >= 0.6 is 11.6 Å². The summed E-state index contributed by atoms with van der Waals surface area (Å²) in [6, 6.07) is 3.35. The molecule has 1 aromatic heterocycles. The first-order chi connectivity index (χ1) is 10.3. The highest BCUT2D eigenvalue weighted by Gasteiger charge is 2.62. The second-order valence-corrected chi connectivity index (χ2v) is 8.00. The predicted octanol–water partition coefficient (Wildman–Crippen LogP) is 0.605. The van der Waals surface area contributed by atoms with E-state index in [9.17, 15) is 13.5 Å². The maximum absolute atomic E-state index is 11.1. The Kier molecular flexibility index (Phi) is 2.90. The molecule has 2 aromatic rings. The monoisotopic (exact) mass is 342 g/mol. The second-order valence-electron chi connectivity index (χ2n) is 6.24. The minimum absolute atomic E-state index is 0.101. The number of rotatable bonds is 3. The van der Waals surface area contributed by atoms with E-state index in [0.717, 1.165) is 16.5 Å². The van der Waals surface area contributed by atoms with Crippen LogP contribution in [0.25, 0.3) is 10.9 Å². The molecule has 5 N–H and O–H groups in total. The van der Waals surface area contributed by atoms with Gasteiger partial charge in [-0.1, -0.05) is 11.6 Å². The minimum Gasteiger partial charge on any atom is -0.385 e. The molecule has 0 aliphatic heterocycles. The summed E-state index contributed by atoms with van der Waals surface area (Å²) in [6.45, 7) is 0. The smallest absolute Gasteiger partial charge is 0.274 e. The van der Waals surface area contributed by atoms with Gasteiger partial charge in [-0.25, -0.2) is 5.14 Å². The third-order valence-electron chi connectivity index (χ3n) is 4.80. The zero-order valence-corrected chi connectivity index (χ0v) is 13.0. The van der Waals surface area contributed by atoms with Crippen molar-refractivity contribution in [1.82, 2.24) is 14.9 Å². The fourth-order valence-electron chi connectivity index (χ4n) is 3.85. The van der Waals surface area contributed by atoms with E-state index in [2.05, 4.69) is 14.9 Å². The van der Waals surface area contributed by atoms with Gasteiger partial charge in [-0.05, 0) is 42.4 Å². The van der Waals surface area contributed by atoms with Gasteiger partial charge in [0.15, 0.2) is 0 Å². The fraction of sp³-hybridized carbons (Fsp3) is 0.462. The van der Waals surface area contributed by atoms with Crippen LogP contribution in [0.3, 0.4) is 0 Å². The highest BCUT2D eigenvalue weighted by Crippen LogP contribution is 2.60. The molecule has 0 amide bonds. The molecule has 2 aliphatic carbocycles. The number of halogens is 1. The second kappa shape index (κ2) is 4.42. The molecule has 2 aliphatic rings. The average molecular weight is 343 g/mol. The van der Waals surface area contributed by atoms with Gasteiger partial charge in [0.2, 0.25) is 0 Å². The van der Waals surface area contributed by atoms with Gasteiger partial charge in [0, 0.05) is 16.5 Å². The Labute approximate surface area is 132 Å². The van der Waals surface area contributed by atoms with Crippen molar-refractivity contribution in [2.75, 3.05) is 0 Å². The number of fused-ring (bicyclic) bond motifs is 2. The van der Waals surface area contributed by atoms with Crippen LogP contribution in [-0.4, -0.2) is 29.8 Å². The molecule has 1 heterocycles. The number of aromatic amines is 1. The van der Waals surface area contributed by atoms with Crippen LogP contribution in [-0.2, 0) is 15.8 Å². The number of aliphatic hydroxyl groups is 1. The molecular weight excluding hydrogens is 328 g/mol. The molecule has 22 heavy (non-hydrogen) atoms. The van der Waals surface area contributed by atoms with Crippen molar-refractivity contribution in [2.45, 2.75) is 24.5 Å². The first-order valence-corrected chi connectivity index (χ1v) is 8.85. The van der Waals surface area contributed by atoms with Crippen molar-refractivity contribution in [3.8, 4) is 0 Å². The van der Waals surface area contributed by atoms with Gasteiger partial charge >= 0.3 is 0 Å². The van der Waals surface area contributed by atoms with Crippen LogP contribution in [0, 0.1) is 11.8 Å². The summed E-state index contributed by atoms with van der Waals surface area (Å²) in [5.74, 6) is 0.202. The quantitative estimate of drug-likeness (QED) is 0.652. The van der Waals surface area contributed by atoms with E-state index < -0.39 is 15.8 Å². The SMILES string of the molecule is NS(=O)(=O)N[C@H]1[C@@H]2C[C@@](O)(c3cc(Cl)cc4[nH]ncc34)C[C@@H]21. The van der Waals surface area contributed by atoms with Crippen molar-refractivity contribution < 1.29 is 13.5 Å². The zero-order chi connectivity index (χ0) is 15.7. The van der Waals surface area contributed by atoms with Gasteiger partial charge in [0.1, 0.15) is 0 Å². The van der Waals surface area contributed by atoms with Crippen LogP contribution in [0.5, 0.6) is 0 Å². The van der Waals surface area contributed by atoms with Crippen LogP contribution < -0.4 is 9.86 Å². The maximum Gasteiger partial charge on any atom is 0.274 e. The van der Waals surface area contributed by atoms with E-state index >= 15 is 0 Å². The highest BCUT2D eigenvalue weighted by atomic mass is 35.5. The Balaban J connectivity index is 1.64. The molecule has 4 rings (SSSR count). The van der Waals surface area contributed by atoms with Gasteiger partial charge in [-0.2, -0.15) is 18.2 Å². The van der Waals surface area contributed by atoms with Crippen LogP contribution in [0.2, 0.25) is 5.02 Å². The lowest BCUT2D eigenvalue weighted by Gasteiger charge is -2.27. The van der Waals surface area contributed by atoms with Crippen LogP contribution in [0.15, 0.2) is 18.3 Å². The Bertz CT molecular complexity index is 853. The molecule has 4 atom stereocenters. The van der Waals surface area contributed by atoms with E-state index in [4.69, 9.17) is 16.7 Å². The molecule has 0 saturated heterocycles. The van der Waals surface area contributed by atoms with Gasteiger partial charge in [-0.15, -0.1) is 0 Å². The van der Waals surface area contributed by atoms with Gasteiger partial charge in [0.05, 0.1) is 17.3 Å². The summed E-state index contributed by atoms with van der Waals surface area (Å²) in [4.78, 5) is 0. The molecule has 0 spiro atoms. The maximum atomic E-state index is 11.1. The molecule has 118 valence electrons. The molecule has 0 radical (unpaired) electrons. The van der Waals surface area contributed by atoms with E-state index in [1.54, 1.807) is 18.3 Å². The molecule has 0 unspecified atom stereocenters. The van der Waals surface area contributed by atoms with E-state index in [1.165, 1.54) is 0 Å². The number of hydrogen-bond acceptors (Lipinski definition) is 4. The average Bonchev–Trinajstić information content (AvgIpc) is 2.83. The van der Waals surface area contributed by atoms with Crippen molar-refractivity contribution in [3.63, 3.8) is 0 Å². The Hall–Kier alpha value is -1.19. The third kappa shape index (κ3) is 2.22. The first-order valence-electron chi connectivity index (χ1n) is 6.92. The summed E-state index contributed by atoms with van der Waals surface area (Å²) < 4.78 is 24.6. The molecule has 7 nitrogen and oxygen atoms in total. The molecule has 2 fully saturated rings. The summed E-state index contributed by atoms with van der Waals surface area (Å²) >= 11 is 6.12. The van der Waals surface area contributed by atoms with Crippen molar-refractivity contribution in [2.24, 2.45) is 17.0 Å². The normalized spacial score (nSPS) is 34.0. The van der Waals surface area contributed by atoms with Gasteiger partial charge in [0.25, 0.3) is 10.2 Å². The summed E-state index contributed by atoms with van der Waals surface area (Å²) in [6.07, 6.45) is 2.62. The number of nitrogens with zero attached hydrogens (tertiary/aromatic N) is 1. The number of hydrogen-bond donors (Lipinski definition) is 4. The van der Waals surface area contributed by atoms with Crippen LogP contribution in [0.4, 0.5) is 0 Å². The van der Waals surface area contributed by atoms with E-state index in [0.29, 0.717) is 17.9 Å². The standard InChI is InChI=1S/C13H15ClN4O3S/c14-6-1-10(9-5-16-17-11(9)2-6)13(19)3-7-8(4-13)12(7)18-22(15,20)21/h1-2,5,7-8,12,18-19H,3-4H2,(H,16,17)(H2,15,20,21)/t7-,8+,12+,13+. The third-order valence-corrected chi connectivity index (χ3v) is 5.62. The van der Waals surface area contributed by atoms with Gasteiger partial charge in [-0.3, -0.25) is 5.10 Å². The summed E-state index contributed by atoms with van der Waals surface area (Å²) in [5.41, 5.74) is 0.500. The Morgan fingerprint density at radius 1 is 1.41 bits per heavy atom. The number of aromatic nitrogens is 2. The highest BCUT2D eigenvalue weighted by molar-refractivity contribution is 7.87. The molecule has 2 saturated carbocycles. The number of nitrogens with two attached hydrogens (primary N) is 1. The predicted molar refractivity (Wildman–Crippen MR) is 81.2 cm³/mol. The molecule has 9 heteroatoms. The van der Waals surface area contributed by atoms with Crippen molar-refractivity contribution >= 4 is 32.7 Å². The topological polar surface area (TPSA) is 121 Å². The fourth-order valence-corrected chi connectivity index (χ4v) is 4.80. The number of H-pyrrole nitrogens is 1. The lowest BCUT2D eigenvalue weighted by Crippen LogP contribution is -2.37. The lowest BCUT2D eigenvalue weighted by atomic mass is 9.86. The van der Waals surface area contributed by atoms with Crippen molar-refractivity contribution in [1.29, 1.82) is 0 Å². The summed E-state index contributed by atoms with van der Waals surface area (Å²) in [7, 11) is -3.71. The number of nitrogens with one attached hydrogen (secondary N) is 2. The number of benzene rings is 1. The minimum atomic E-state index is -3.71. The van der Waals surface area contributed by atoms with Crippen molar-refractivity contribution in [3.05, 3.63) is 28.9 Å². The summed E-state index contributed by atoms with van der Waals surface area (Å²) in [5, 5.41) is 24.2. The van der Waals surface area contributed by atoms with Gasteiger partial charge < -0.3 is 5.11 Å². The van der Waals surface area contributed by atoms with Crippen LogP contribution in [0.1, 0.15) is 18.4 Å². The Morgan fingerprint density at radius 3 is 2.73 bits per heavy atom. The lowest BCUT2D eigenvalue weighted by molar-refractivity contribution is 0.0303. The largest absolute Gasteiger partial charge is 0.385 e.